The smallest absolute Gasteiger partial charge is 0.155 e. The van der Waals surface area contributed by atoms with Crippen LogP contribution >= 0.6 is 0 Å². The molecule has 186 valence electrons. The quantitative estimate of drug-likeness (QED) is 0.331. The van der Waals surface area contributed by atoms with E-state index in [1.807, 2.05) is 12.4 Å². The standard InChI is InChI=1S/C30H50N2O/c1-3-5-6-7-23-8-10-24(11-9-23)25-12-14-26(15-13-25)27-16-18-28(19-17-27)30-31-21-29(22-32-30)33-20-4-2/h21-28H,3-20H2,1-2H3/t23-,24-,25-,26-,27-,28-. The summed E-state index contributed by atoms with van der Waals surface area (Å²) in [6.07, 6.45) is 28.1. The highest BCUT2D eigenvalue weighted by Gasteiger charge is 2.35. The molecule has 3 heteroatoms. The van der Waals surface area contributed by atoms with Gasteiger partial charge in [0.05, 0.1) is 19.0 Å². The number of hydrogen-bond acceptors (Lipinski definition) is 3. The Bertz CT molecular complexity index is 650. The van der Waals surface area contributed by atoms with E-state index in [-0.39, 0.29) is 0 Å². The van der Waals surface area contributed by atoms with Gasteiger partial charge in [0.1, 0.15) is 5.82 Å². The number of nitrogens with zero attached hydrogens (tertiary/aromatic N) is 2. The Kier molecular flexibility index (Phi) is 9.92. The van der Waals surface area contributed by atoms with Crippen LogP contribution < -0.4 is 4.74 Å². The van der Waals surface area contributed by atoms with Crippen LogP contribution in [0.15, 0.2) is 12.4 Å². The minimum Gasteiger partial charge on any atom is -0.490 e. The van der Waals surface area contributed by atoms with Gasteiger partial charge in [-0.2, -0.15) is 0 Å². The molecule has 33 heavy (non-hydrogen) atoms. The molecule has 3 saturated carbocycles. The predicted octanol–water partition coefficient (Wildman–Crippen LogP) is 8.73. The van der Waals surface area contributed by atoms with Gasteiger partial charge < -0.3 is 4.74 Å². The number of ether oxygens (including phenoxy) is 1. The van der Waals surface area contributed by atoms with Crippen molar-refractivity contribution in [1.82, 2.24) is 9.97 Å². The van der Waals surface area contributed by atoms with Gasteiger partial charge in [-0.3, -0.25) is 0 Å². The fourth-order valence-electron chi connectivity index (χ4n) is 7.40. The van der Waals surface area contributed by atoms with Gasteiger partial charge >= 0.3 is 0 Å². The van der Waals surface area contributed by atoms with Crippen molar-refractivity contribution in [3.63, 3.8) is 0 Å². The molecule has 0 bridgehead atoms. The molecule has 0 saturated heterocycles. The third-order valence-corrected chi connectivity index (χ3v) is 9.52. The van der Waals surface area contributed by atoms with Crippen molar-refractivity contribution in [2.75, 3.05) is 6.61 Å². The molecule has 1 aromatic rings. The first kappa shape index (κ1) is 25.0. The predicted molar refractivity (Wildman–Crippen MR) is 138 cm³/mol. The Balaban J connectivity index is 1.14. The van der Waals surface area contributed by atoms with Gasteiger partial charge in [0.25, 0.3) is 0 Å². The molecule has 3 fully saturated rings. The molecule has 3 nitrogen and oxygen atoms in total. The van der Waals surface area contributed by atoms with Crippen molar-refractivity contribution >= 4 is 0 Å². The van der Waals surface area contributed by atoms with Crippen LogP contribution in [0.4, 0.5) is 0 Å². The van der Waals surface area contributed by atoms with Crippen LogP contribution in [0.25, 0.3) is 0 Å². The lowest BCUT2D eigenvalue weighted by Crippen LogP contribution is -2.29. The van der Waals surface area contributed by atoms with Gasteiger partial charge in [-0.25, -0.2) is 9.97 Å². The second-order valence-corrected chi connectivity index (χ2v) is 11.7. The number of aromatic nitrogens is 2. The zero-order chi connectivity index (χ0) is 22.9. The van der Waals surface area contributed by atoms with Crippen molar-refractivity contribution in [3.05, 3.63) is 18.2 Å². The zero-order valence-corrected chi connectivity index (χ0v) is 21.6. The molecule has 4 rings (SSSR count). The van der Waals surface area contributed by atoms with E-state index in [1.165, 1.54) is 89.9 Å². The normalized spacial score (nSPS) is 33.0. The van der Waals surface area contributed by atoms with Crippen molar-refractivity contribution in [1.29, 1.82) is 0 Å². The molecule has 0 aliphatic heterocycles. The molecular weight excluding hydrogens is 404 g/mol. The molecule has 0 amide bonds. The van der Waals surface area contributed by atoms with E-state index in [1.54, 1.807) is 12.8 Å². The fourth-order valence-corrected chi connectivity index (χ4v) is 7.40. The third-order valence-electron chi connectivity index (χ3n) is 9.52. The highest BCUT2D eigenvalue weighted by atomic mass is 16.5. The van der Waals surface area contributed by atoms with Crippen LogP contribution in [-0.4, -0.2) is 16.6 Å². The van der Waals surface area contributed by atoms with E-state index in [4.69, 9.17) is 4.74 Å². The van der Waals surface area contributed by atoms with Crippen LogP contribution in [0.3, 0.4) is 0 Å². The summed E-state index contributed by atoms with van der Waals surface area (Å²) in [5, 5.41) is 0. The maximum Gasteiger partial charge on any atom is 0.155 e. The first-order valence-electron chi connectivity index (χ1n) is 14.7. The number of unbranched alkanes of at least 4 members (excludes halogenated alkanes) is 2. The molecule has 0 aromatic carbocycles. The topological polar surface area (TPSA) is 35.0 Å². The number of hydrogen-bond donors (Lipinski definition) is 0. The summed E-state index contributed by atoms with van der Waals surface area (Å²) in [5.74, 6) is 7.56. The molecule has 0 radical (unpaired) electrons. The Morgan fingerprint density at radius 1 is 0.667 bits per heavy atom. The van der Waals surface area contributed by atoms with Gasteiger partial charge in [-0.15, -0.1) is 0 Å². The SMILES string of the molecule is CCCCC[C@H]1CC[C@H]([C@H]2CC[C@H]([C@H]3CC[C@H](c4ncc(OCCC)cn4)CC3)CC2)CC1. The van der Waals surface area contributed by atoms with Crippen LogP contribution in [-0.2, 0) is 0 Å². The summed E-state index contributed by atoms with van der Waals surface area (Å²) < 4.78 is 5.65. The van der Waals surface area contributed by atoms with Crippen LogP contribution in [0.5, 0.6) is 5.75 Å². The minimum atomic E-state index is 0.560. The summed E-state index contributed by atoms with van der Waals surface area (Å²) >= 11 is 0. The maximum atomic E-state index is 5.65. The van der Waals surface area contributed by atoms with Gasteiger partial charge in [0.15, 0.2) is 5.75 Å². The molecule has 1 aromatic heterocycles. The van der Waals surface area contributed by atoms with E-state index >= 15 is 0 Å². The Morgan fingerprint density at radius 2 is 1.18 bits per heavy atom. The third kappa shape index (κ3) is 7.18. The van der Waals surface area contributed by atoms with E-state index in [2.05, 4.69) is 23.8 Å². The molecule has 3 aliphatic carbocycles. The highest BCUT2D eigenvalue weighted by molar-refractivity contribution is 5.14. The second kappa shape index (κ2) is 13.1. The summed E-state index contributed by atoms with van der Waals surface area (Å²) in [4.78, 5) is 9.29. The fraction of sp³-hybridized carbons (Fsp3) is 0.867. The molecule has 0 atom stereocenters. The van der Waals surface area contributed by atoms with Crippen molar-refractivity contribution in [3.8, 4) is 5.75 Å². The van der Waals surface area contributed by atoms with Crippen molar-refractivity contribution < 1.29 is 4.74 Å². The molecule has 0 N–H and O–H groups in total. The largest absolute Gasteiger partial charge is 0.490 e. The highest BCUT2D eigenvalue weighted by Crippen LogP contribution is 2.47. The van der Waals surface area contributed by atoms with Crippen LogP contribution in [0, 0.1) is 29.6 Å². The summed E-state index contributed by atoms with van der Waals surface area (Å²) in [5.41, 5.74) is 0. The summed E-state index contributed by atoms with van der Waals surface area (Å²) in [6.45, 7) is 5.20. The lowest BCUT2D eigenvalue weighted by Gasteiger charge is -2.41. The molecule has 0 spiro atoms. The van der Waals surface area contributed by atoms with Gasteiger partial charge in [0.2, 0.25) is 0 Å². The van der Waals surface area contributed by atoms with E-state index in [9.17, 15) is 0 Å². The maximum absolute atomic E-state index is 5.65. The monoisotopic (exact) mass is 454 g/mol. The molecule has 3 aliphatic rings. The average Bonchev–Trinajstić information content (AvgIpc) is 2.89. The zero-order valence-electron chi connectivity index (χ0n) is 21.6. The Hall–Kier alpha value is -1.12. The summed E-state index contributed by atoms with van der Waals surface area (Å²) in [7, 11) is 0. The van der Waals surface area contributed by atoms with E-state index in [0.29, 0.717) is 5.92 Å². The Labute approximate surface area is 203 Å². The first-order valence-corrected chi connectivity index (χ1v) is 14.7. The van der Waals surface area contributed by atoms with Crippen molar-refractivity contribution in [2.24, 2.45) is 29.6 Å². The number of rotatable bonds is 10. The van der Waals surface area contributed by atoms with Gasteiger partial charge in [-0.1, -0.05) is 52.4 Å². The second-order valence-electron chi connectivity index (χ2n) is 11.7. The minimum absolute atomic E-state index is 0.560. The lowest BCUT2D eigenvalue weighted by atomic mass is 9.65. The molecular formula is C30H50N2O. The molecule has 0 unspecified atom stereocenters. The van der Waals surface area contributed by atoms with Gasteiger partial charge in [-0.05, 0) is 100 Å². The Morgan fingerprint density at radius 3 is 1.70 bits per heavy atom. The lowest BCUT2D eigenvalue weighted by molar-refractivity contribution is 0.108. The van der Waals surface area contributed by atoms with Crippen LogP contribution in [0.1, 0.15) is 135 Å². The van der Waals surface area contributed by atoms with E-state index < -0.39 is 0 Å². The first-order chi connectivity index (χ1) is 16.3. The van der Waals surface area contributed by atoms with Gasteiger partial charge in [0, 0.05) is 5.92 Å². The van der Waals surface area contributed by atoms with Crippen LogP contribution in [0.2, 0.25) is 0 Å². The summed E-state index contributed by atoms with van der Waals surface area (Å²) in [6, 6.07) is 0. The van der Waals surface area contributed by atoms with E-state index in [0.717, 1.165) is 54.2 Å². The van der Waals surface area contributed by atoms with Crippen molar-refractivity contribution in [2.45, 2.75) is 129 Å². The molecule has 1 heterocycles. The average molecular weight is 455 g/mol.